The number of anilines is 1. The van der Waals surface area contributed by atoms with Crippen LogP contribution in [-0.2, 0) is 0 Å². The van der Waals surface area contributed by atoms with Gasteiger partial charge in [-0.05, 0) is 41.5 Å². The molecule has 0 saturated heterocycles. The predicted octanol–water partition coefficient (Wildman–Crippen LogP) is 4.20. The first-order chi connectivity index (χ1) is 10.7. The summed E-state index contributed by atoms with van der Waals surface area (Å²) in [6.07, 6.45) is 0. The van der Waals surface area contributed by atoms with Gasteiger partial charge in [0.25, 0.3) is 0 Å². The second kappa shape index (κ2) is 4.74. The fourth-order valence-electron chi connectivity index (χ4n) is 2.75. The molecule has 1 aromatic heterocycles. The molecule has 0 bridgehead atoms. The van der Waals surface area contributed by atoms with Crippen LogP contribution in [0.25, 0.3) is 33.1 Å². The molecule has 0 unspecified atom stereocenters. The van der Waals surface area contributed by atoms with Gasteiger partial charge in [-0.1, -0.05) is 36.4 Å². The van der Waals surface area contributed by atoms with Crippen molar-refractivity contribution in [3.63, 3.8) is 0 Å². The van der Waals surface area contributed by atoms with Crippen molar-refractivity contribution in [3.05, 3.63) is 77.0 Å². The van der Waals surface area contributed by atoms with Gasteiger partial charge in [0.15, 0.2) is 0 Å². The molecule has 22 heavy (non-hydrogen) atoms. The minimum Gasteiger partial charge on any atom is -0.456 e. The molecule has 0 spiro atoms. The third-order valence-electron chi connectivity index (χ3n) is 3.83. The molecule has 3 heteroatoms. The molecule has 0 radical (unpaired) electrons. The lowest BCUT2D eigenvalue weighted by molar-refractivity contribution is 0.660. The average Bonchev–Trinajstić information content (AvgIpc) is 2.55. The normalized spacial score (nSPS) is 11.1. The van der Waals surface area contributed by atoms with Gasteiger partial charge in [0, 0.05) is 5.69 Å². The Morgan fingerprint density at radius 2 is 1.50 bits per heavy atom. The molecule has 0 aliphatic heterocycles. The van der Waals surface area contributed by atoms with Gasteiger partial charge in [0.2, 0.25) is 5.43 Å². The molecule has 2 N–H and O–H groups in total. The van der Waals surface area contributed by atoms with Crippen LogP contribution in [-0.4, -0.2) is 0 Å². The number of rotatable bonds is 1. The fraction of sp³-hybridized carbons (Fsp3) is 0. The first kappa shape index (κ1) is 12.7. The summed E-state index contributed by atoms with van der Waals surface area (Å²) in [7, 11) is 0. The first-order valence-electron chi connectivity index (χ1n) is 7.04. The zero-order valence-corrected chi connectivity index (χ0v) is 11.7. The van der Waals surface area contributed by atoms with Crippen LogP contribution >= 0.6 is 0 Å². The summed E-state index contributed by atoms with van der Waals surface area (Å²) in [6, 6.07) is 20.4. The summed E-state index contributed by atoms with van der Waals surface area (Å²) < 4.78 is 5.89. The molecule has 106 valence electrons. The molecular weight excluding hydrogens is 274 g/mol. The Balaban J connectivity index is 2.14. The van der Waals surface area contributed by atoms with E-state index in [1.165, 1.54) is 0 Å². The summed E-state index contributed by atoms with van der Waals surface area (Å²) in [4.78, 5) is 12.9. The predicted molar refractivity (Wildman–Crippen MR) is 89.8 cm³/mol. The number of para-hydroxylation sites is 1. The van der Waals surface area contributed by atoms with Gasteiger partial charge in [-0.15, -0.1) is 0 Å². The molecule has 0 atom stereocenters. The highest BCUT2D eigenvalue weighted by Gasteiger charge is 2.12. The number of hydrogen-bond acceptors (Lipinski definition) is 3. The van der Waals surface area contributed by atoms with Crippen molar-refractivity contribution in [1.82, 2.24) is 0 Å². The third kappa shape index (κ3) is 1.87. The Morgan fingerprint density at radius 1 is 0.773 bits per heavy atom. The van der Waals surface area contributed by atoms with Crippen LogP contribution in [0, 0.1) is 0 Å². The maximum Gasteiger partial charge on any atom is 0.201 e. The zero-order chi connectivity index (χ0) is 15.1. The number of hydrogen-bond donors (Lipinski definition) is 1. The maximum atomic E-state index is 12.9. The van der Waals surface area contributed by atoms with Gasteiger partial charge < -0.3 is 10.2 Å². The minimum absolute atomic E-state index is 0.00993. The second-order valence-electron chi connectivity index (χ2n) is 5.23. The van der Waals surface area contributed by atoms with E-state index in [-0.39, 0.29) is 5.43 Å². The van der Waals surface area contributed by atoms with Gasteiger partial charge in [0.1, 0.15) is 11.2 Å². The lowest BCUT2D eigenvalue weighted by atomic mass is 9.99. The van der Waals surface area contributed by atoms with Gasteiger partial charge >= 0.3 is 0 Å². The van der Waals surface area contributed by atoms with E-state index in [0.29, 0.717) is 27.6 Å². The van der Waals surface area contributed by atoms with Crippen LogP contribution < -0.4 is 11.2 Å². The van der Waals surface area contributed by atoms with Crippen molar-refractivity contribution in [2.24, 2.45) is 0 Å². The summed E-state index contributed by atoms with van der Waals surface area (Å²) in [5, 5.41) is 1.20. The number of nitrogens with two attached hydrogens (primary N) is 1. The summed E-state index contributed by atoms with van der Waals surface area (Å²) >= 11 is 0. The Labute approximate surface area is 126 Å². The van der Waals surface area contributed by atoms with Gasteiger partial charge in [0.05, 0.1) is 10.8 Å². The van der Waals surface area contributed by atoms with Crippen molar-refractivity contribution in [2.45, 2.75) is 0 Å². The molecule has 4 rings (SSSR count). The van der Waals surface area contributed by atoms with E-state index in [1.54, 1.807) is 6.07 Å². The Hall–Kier alpha value is -3.07. The van der Waals surface area contributed by atoms with Gasteiger partial charge in [-0.2, -0.15) is 0 Å². The van der Waals surface area contributed by atoms with Gasteiger partial charge in [-0.3, -0.25) is 4.79 Å². The summed E-state index contributed by atoms with van der Waals surface area (Å²) in [6.45, 7) is 0. The first-order valence-corrected chi connectivity index (χ1v) is 7.04. The fourth-order valence-corrected chi connectivity index (χ4v) is 2.75. The Bertz CT molecular complexity index is 1050. The van der Waals surface area contributed by atoms with E-state index < -0.39 is 0 Å². The van der Waals surface area contributed by atoms with Crippen LogP contribution in [0.5, 0.6) is 0 Å². The van der Waals surface area contributed by atoms with Crippen LogP contribution in [0.15, 0.2) is 75.9 Å². The topological polar surface area (TPSA) is 56.2 Å². The molecule has 0 fully saturated rings. The van der Waals surface area contributed by atoms with Crippen molar-refractivity contribution >= 4 is 27.6 Å². The lowest BCUT2D eigenvalue weighted by Gasteiger charge is -2.07. The highest BCUT2D eigenvalue weighted by molar-refractivity contribution is 5.99. The Morgan fingerprint density at radius 3 is 2.32 bits per heavy atom. The zero-order valence-electron chi connectivity index (χ0n) is 11.7. The summed E-state index contributed by atoms with van der Waals surface area (Å²) in [5.41, 5.74) is 9.43. The van der Waals surface area contributed by atoms with Crippen molar-refractivity contribution in [1.29, 1.82) is 0 Å². The Kier molecular flexibility index (Phi) is 2.73. The highest BCUT2D eigenvalue weighted by atomic mass is 16.3. The third-order valence-corrected chi connectivity index (χ3v) is 3.83. The van der Waals surface area contributed by atoms with Crippen molar-refractivity contribution < 1.29 is 4.42 Å². The summed E-state index contributed by atoms with van der Waals surface area (Å²) in [5.74, 6) is 0. The molecule has 1 heterocycles. The molecule has 0 saturated carbocycles. The quantitative estimate of drug-likeness (QED) is 0.422. The van der Waals surface area contributed by atoms with Gasteiger partial charge in [-0.25, -0.2) is 0 Å². The minimum atomic E-state index is -0.00993. The van der Waals surface area contributed by atoms with Crippen LogP contribution in [0.1, 0.15) is 0 Å². The van der Waals surface area contributed by atoms with Crippen molar-refractivity contribution in [3.8, 4) is 11.1 Å². The molecule has 3 aromatic carbocycles. The largest absolute Gasteiger partial charge is 0.456 e. The molecule has 0 aliphatic rings. The lowest BCUT2D eigenvalue weighted by Crippen LogP contribution is -2.03. The van der Waals surface area contributed by atoms with E-state index in [4.69, 9.17) is 10.2 Å². The SMILES string of the molecule is Nc1ccc(-c2cccc3oc4ccccc4c(=O)c23)cc1. The van der Waals surface area contributed by atoms with Crippen molar-refractivity contribution in [2.75, 3.05) is 5.73 Å². The monoisotopic (exact) mass is 287 g/mol. The standard InChI is InChI=1S/C19H13NO2/c20-13-10-8-12(9-11-13)14-5-3-7-17-18(14)19(21)15-4-1-2-6-16(15)22-17/h1-11H,20H2. The molecule has 3 nitrogen and oxygen atoms in total. The van der Waals surface area contributed by atoms with E-state index in [1.807, 2.05) is 60.7 Å². The highest BCUT2D eigenvalue weighted by Crippen LogP contribution is 2.29. The molecule has 0 aliphatic carbocycles. The molecular formula is C19H13NO2. The molecule has 0 amide bonds. The average molecular weight is 287 g/mol. The van der Waals surface area contributed by atoms with Crippen LogP contribution in [0.2, 0.25) is 0 Å². The smallest absolute Gasteiger partial charge is 0.201 e. The van der Waals surface area contributed by atoms with Crippen LogP contribution in [0.4, 0.5) is 5.69 Å². The van der Waals surface area contributed by atoms with E-state index in [2.05, 4.69) is 0 Å². The van der Waals surface area contributed by atoms with Crippen LogP contribution in [0.3, 0.4) is 0 Å². The molecule has 4 aromatic rings. The number of nitrogen functional groups attached to an aromatic ring is 1. The second-order valence-corrected chi connectivity index (χ2v) is 5.23. The van der Waals surface area contributed by atoms with E-state index in [9.17, 15) is 4.79 Å². The maximum absolute atomic E-state index is 12.9. The number of benzene rings is 3. The number of fused-ring (bicyclic) bond motifs is 2. The van der Waals surface area contributed by atoms with E-state index >= 15 is 0 Å². The van der Waals surface area contributed by atoms with E-state index in [0.717, 1.165) is 11.1 Å².